The van der Waals surface area contributed by atoms with Crippen LogP contribution in [0.2, 0.25) is 0 Å². The van der Waals surface area contributed by atoms with Gasteiger partial charge in [0.15, 0.2) is 0 Å². The van der Waals surface area contributed by atoms with Gasteiger partial charge >= 0.3 is 5.97 Å². The fraction of sp³-hybridized carbons (Fsp3) is 0.909. The molecule has 0 radical (unpaired) electrons. The molecule has 0 atom stereocenters. The van der Waals surface area contributed by atoms with Crippen LogP contribution in [0.3, 0.4) is 0 Å². The van der Waals surface area contributed by atoms with Crippen LogP contribution in [0, 0.1) is 0 Å². The van der Waals surface area contributed by atoms with Gasteiger partial charge < -0.3 is 10.2 Å². The Kier molecular flexibility index (Phi) is 14.1. The average Bonchev–Trinajstić information content (AvgIpc) is 2.02. The monoisotopic (exact) mass is 204 g/mol. The van der Waals surface area contributed by atoms with Gasteiger partial charge in [0.25, 0.3) is 0 Å². The lowest BCUT2D eigenvalue weighted by atomic mass is 10.1. The predicted octanol–water partition coefficient (Wildman–Crippen LogP) is 2.82. The van der Waals surface area contributed by atoms with Gasteiger partial charge in [0.2, 0.25) is 0 Å². The minimum absolute atomic E-state index is 0.167. The number of aliphatic hydroxyl groups excluding tert-OH is 1. The Bertz CT molecular complexity index is 119. The second kappa shape index (κ2) is 12.4. The molecule has 14 heavy (non-hydrogen) atoms. The molecule has 0 heterocycles. The summed E-state index contributed by atoms with van der Waals surface area (Å²) in [5.74, 6) is -0.670. The summed E-state index contributed by atoms with van der Waals surface area (Å²) < 4.78 is 0. The van der Waals surface area contributed by atoms with Crippen LogP contribution in [0.4, 0.5) is 0 Å². The van der Waals surface area contributed by atoms with Crippen molar-refractivity contribution in [2.24, 2.45) is 0 Å². The molecule has 86 valence electrons. The van der Waals surface area contributed by atoms with E-state index in [1.54, 1.807) is 13.8 Å². The summed E-state index contributed by atoms with van der Waals surface area (Å²) in [4.78, 5) is 10.0. The number of carboxylic acids is 1. The highest BCUT2D eigenvalue weighted by molar-refractivity contribution is 5.66. The highest BCUT2D eigenvalue weighted by atomic mass is 16.4. The zero-order chi connectivity index (χ0) is 11.4. The standard InChI is InChI=1S/C8H16O2.C3H8O/c1-2-3-4-5-6-7-8(9)10;1-3(2)4/h2-7H2,1H3,(H,9,10);3-4H,1-2H3. The van der Waals surface area contributed by atoms with Crippen molar-refractivity contribution in [2.45, 2.75) is 65.4 Å². The first-order valence-electron chi connectivity index (χ1n) is 5.40. The lowest BCUT2D eigenvalue weighted by Gasteiger charge is -1.95. The highest BCUT2D eigenvalue weighted by Gasteiger charge is 1.94. The van der Waals surface area contributed by atoms with Crippen LogP contribution in [0.15, 0.2) is 0 Å². The fourth-order valence-corrected chi connectivity index (χ4v) is 0.880. The predicted molar refractivity (Wildman–Crippen MR) is 58.4 cm³/mol. The summed E-state index contributed by atoms with van der Waals surface area (Å²) in [6, 6.07) is 0. The molecule has 0 rings (SSSR count). The quantitative estimate of drug-likeness (QED) is 0.654. The van der Waals surface area contributed by atoms with Gasteiger partial charge in [-0.2, -0.15) is 0 Å². The zero-order valence-corrected chi connectivity index (χ0v) is 9.62. The maximum absolute atomic E-state index is 10.0. The minimum atomic E-state index is -0.670. The van der Waals surface area contributed by atoms with Gasteiger partial charge in [-0.15, -0.1) is 0 Å². The number of aliphatic carboxylic acids is 1. The molecular formula is C11H24O3. The van der Waals surface area contributed by atoms with Crippen molar-refractivity contribution in [1.29, 1.82) is 0 Å². The van der Waals surface area contributed by atoms with Gasteiger partial charge in [-0.3, -0.25) is 4.79 Å². The third-order valence-corrected chi connectivity index (χ3v) is 1.49. The van der Waals surface area contributed by atoms with Gasteiger partial charge in [-0.25, -0.2) is 0 Å². The summed E-state index contributed by atoms with van der Waals surface area (Å²) in [5.41, 5.74) is 0. The molecule has 0 saturated carbocycles. The van der Waals surface area contributed by atoms with Crippen molar-refractivity contribution in [3.05, 3.63) is 0 Å². The van der Waals surface area contributed by atoms with Crippen molar-refractivity contribution in [3.63, 3.8) is 0 Å². The highest BCUT2D eigenvalue weighted by Crippen LogP contribution is 2.04. The summed E-state index contributed by atoms with van der Waals surface area (Å²) in [6.45, 7) is 5.59. The Morgan fingerprint density at radius 2 is 1.57 bits per heavy atom. The summed E-state index contributed by atoms with van der Waals surface area (Å²) in [5, 5.41) is 16.3. The number of carbonyl (C=O) groups is 1. The minimum Gasteiger partial charge on any atom is -0.481 e. The second-order valence-electron chi connectivity index (χ2n) is 3.65. The molecule has 0 saturated heterocycles. The van der Waals surface area contributed by atoms with E-state index in [1.165, 1.54) is 19.3 Å². The summed E-state index contributed by atoms with van der Waals surface area (Å²) >= 11 is 0. The molecule has 0 amide bonds. The Labute approximate surface area is 87.1 Å². The van der Waals surface area contributed by atoms with Crippen molar-refractivity contribution in [2.75, 3.05) is 0 Å². The molecule has 0 aliphatic carbocycles. The van der Waals surface area contributed by atoms with Gasteiger partial charge in [-0.05, 0) is 20.3 Å². The number of carboxylic acid groups (broad SMARTS) is 1. The number of unbranched alkanes of at least 4 members (excludes halogenated alkanes) is 4. The normalized spacial score (nSPS) is 9.50. The SMILES string of the molecule is CC(C)O.CCCCCCCC(=O)O. The number of aliphatic hydroxyl groups is 1. The first-order valence-corrected chi connectivity index (χ1v) is 5.40. The van der Waals surface area contributed by atoms with Crippen LogP contribution in [0.25, 0.3) is 0 Å². The number of hydrogen-bond donors (Lipinski definition) is 2. The molecule has 0 fully saturated rings. The Hall–Kier alpha value is -0.570. The molecule has 3 nitrogen and oxygen atoms in total. The van der Waals surface area contributed by atoms with Crippen molar-refractivity contribution < 1.29 is 15.0 Å². The molecule has 0 aromatic rings. The Morgan fingerprint density at radius 3 is 1.93 bits per heavy atom. The van der Waals surface area contributed by atoms with E-state index < -0.39 is 5.97 Å². The van der Waals surface area contributed by atoms with Crippen LogP contribution in [-0.2, 0) is 4.79 Å². The van der Waals surface area contributed by atoms with Gasteiger partial charge in [0.05, 0.1) is 0 Å². The van der Waals surface area contributed by atoms with E-state index in [1.807, 2.05) is 0 Å². The van der Waals surface area contributed by atoms with Crippen LogP contribution in [-0.4, -0.2) is 22.3 Å². The second-order valence-corrected chi connectivity index (χ2v) is 3.65. The average molecular weight is 204 g/mol. The van der Waals surface area contributed by atoms with Gasteiger partial charge in [-0.1, -0.05) is 32.6 Å². The van der Waals surface area contributed by atoms with Crippen molar-refractivity contribution in [3.8, 4) is 0 Å². The van der Waals surface area contributed by atoms with E-state index in [0.29, 0.717) is 6.42 Å². The molecular weight excluding hydrogens is 180 g/mol. The molecule has 0 unspecified atom stereocenters. The fourth-order valence-electron chi connectivity index (χ4n) is 0.880. The van der Waals surface area contributed by atoms with Crippen LogP contribution in [0.1, 0.15) is 59.3 Å². The molecule has 0 aromatic carbocycles. The van der Waals surface area contributed by atoms with Crippen molar-refractivity contribution in [1.82, 2.24) is 0 Å². The topological polar surface area (TPSA) is 57.5 Å². The molecule has 2 N–H and O–H groups in total. The lowest BCUT2D eigenvalue weighted by molar-refractivity contribution is -0.137. The van der Waals surface area contributed by atoms with Crippen LogP contribution >= 0.6 is 0 Å². The third-order valence-electron chi connectivity index (χ3n) is 1.49. The Balaban J connectivity index is 0. The molecule has 0 aliphatic heterocycles. The van der Waals surface area contributed by atoms with Gasteiger partial charge in [0.1, 0.15) is 0 Å². The molecule has 0 bridgehead atoms. The van der Waals surface area contributed by atoms with E-state index in [9.17, 15) is 4.79 Å². The van der Waals surface area contributed by atoms with E-state index in [2.05, 4.69) is 6.92 Å². The van der Waals surface area contributed by atoms with E-state index >= 15 is 0 Å². The van der Waals surface area contributed by atoms with Crippen molar-refractivity contribution >= 4 is 5.97 Å². The largest absolute Gasteiger partial charge is 0.481 e. The van der Waals surface area contributed by atoms with Crippen LogP contribution in [0.5, 0.6) is 0 Å². The maximum atomic E-state index is 10.0. The van der Waals surface area contributed by atoms with Crippen LogP contribution < -0.4 is 0 Å². The maximum Gasteiger partial charge on any atom is 0.303 e. The van der Waals surface area contributed by atoms with Gasteiger partial charge in [0, 0.05) is 12.5 Å². The summed E-state index contributed by atoms with van der Waals surface area (Å²) in [6.07, 6.45) is 5.72. The van der Waals surface area contributed by atoms with E-state index in [0.717, 1.165) is 12.8 Å². The van der Waals surface area contributed by atoms with E-state index in [4.69, 9.17) is 10.2 Å². The first kappa shape index (κ1) is 15.9. The molecule has 3 heteroatoms. The number of rotatable bonds is 6. The zero-order valence-electron chi connectivity index (χ0n) is 9.62. The number of hydrogen-bond acceptors (Lipinski definition) is 2. The molecule has 0 aromatic heterocycles. The smallest absolute Gasteiger partial charge is 0.303 e. The van der Waals surface area contributed by atoms with E-state index in [-0.39, 0.29) is 6.10 Å². The molecule has 0 spiro atoms. The first-order chi connectivity index (χ1) is 6.50. The summed E-state index contributed by atoms with van der Waals surface area (Å²) in [7, 11) is 0. The molecule has 0 aliphatic rings. The third kappa shape index (κ3) is 30.1. The lowest BCUT2D eigenvalue weighted by Crippen LogP contribution is -1.93. The Morgan fingerprint density at radius 1 is 1.14 bits per heavy atom.